The number of hydrogen-bond acceptors (Lipinski definition) is 5. The van der Waals surface area contributed by atoms with Crippen molar-refractivity contribution in [1.82, 2.24) is 0 Å². The number of carbonyl (C=O) groups excluding carboxylic acids is 1. The molecule has 0 radical (unpaired) electrons. The van der Waals surface area contributed by atoms with Gasteiger partial charge >= 0.3 is 0 Å². The first kappa shape index (κ1) is 18.2. The molecule has 0 saturated carbocycles. The van der Waals surface area contributed by atoms with Crippen LogP contribution >= 0.6 is 0 Å². The predicted molar refractivity (Wildman–Crippen MR) is 100 cm³/mol. The number of benzene rings is 2. The van der Waals surface area contributed by atoms with Gasteiger partial charge in [0, 0.05) is 17.5 Å². The Morgan fingerprint density at radius 2 is 1.89 bits per heavy atom. The highest BCUT2D eigenvalue weighted by atomic mass is 16.7. The van der Waals surface area contributed by atoms with Gasteiger partial charge in [0.2, 0.25) is 0 Å². The molecule has 3 unspecified atom stereocenters. The summed E-state index contributed by atoms with van der Waals surface area (Å²) in [4.78, 5) is 12.8. The lowest BCUT2D eigenvalue weighted by Crippen LogP contribution is -2.55. The second-order valence-corrected chi connectivity index (χ2v) is 7.03. The third kappa shape index (κ3) is 3.90. The highest BCUT2D eigenvalue weighted by Crippen LogP contribution is 2.30. The molecular formula is C22H24O5. The molecule has 0 bridgehead atoms. The van der Waals surface area contributed by atoms with Crippen molar-refractivity contribution in [3.8, 4) is 5.75 Å². The van der Waals surface area contributed by atoms with Crippen molar-refractivity contribution in [1.29, 1.82) is 0 Å². The van der Waals surface area contributed by atoms with Gasteiger partial charge in [0.05, 0.1) is 13.2 Å². The highest BCUT2D eigenvalue weighted by molar-refractivity contribution is 6.09. The molecule has 2 aromatic rings. The van der Waals surface area contributed by atoms with E-state index in [0.717, 1.165) is 12.0 Å². The molecule has 2 heterocycles. The van der Waals surface area contributed by atoms with Crippen molar-refractivity contribution in [2.24, 2.45) is 0 Å². The van der Waals surface area contributed by atoms with Crippen LogP contribution in [0.5, 0.6) is 5.75 Å². The number of carbonyl (C=O) groups is 1. The molecule has 2 aliphatic heterocycles. The molecule has 4 rings (SSSR count). The molecule has 2 saturated heterocycles. The monoisotopic (exact) mass is 368 g/mol. The van der Waals surface area contributed by atoms with Gasteiger partial charge in [-0.1, -0.05) is 42.5 Å². The third-order valence-corrected chi connectivity index (χ3v) is 5.08. The lowest BCUT2D eigenvalue weighted by atomic mass is 10.00. The van der Waals surface area contributed by atoms with E-state index < -0.39 is 0 Å². The SMILES string of the molecule is Cc1ccc(C(=O)c2ccccc2)cc1OC1CCOC2CO[C@@H](C)OC21. The number of rotatable bonds is 4. The van der Waals surface area contributed by atoms with Crippen LogP contribution in [0.1, 0.15) is 34.8 Å². The molecule has 0 spiro atoms. The van der Waals surface area contributed by atoms with E-state index >= 15 is 0 Å². The molecule has 2 aliphatic rings. The zero-order chi connectivity index (χ0) is 18.8. The van der Waals surface area contributed by atoms with Crippen molar-refractivity contribution in [3.63, 3.8) is 0 Å². The number of ether oxygens (including phenoxy) is 4. The largest absolute Gasteiger partial charge is 0.487 e. The second-order valence-electron chi connectivity index (χ2n) is 7.03. The number of ketones is 1. The molecule has 4 atom stereocenters. The van der Waals surface area contributed by atoms with Crippen LogP contribution < -0.4 is 4.74 Å². The lowest BCUT2D eigenvalue weighted by Gasteiger charge is -2.42. The van der Waals surface area contributed by atoms with Crippen molar-refractivity contribution >= 4 is 5.78 Å². The van der Waals surface area contributed by atoms with Crippen LogP contribution in [-0.4, -0.2) is 43.6 Å². The fourth-order valence-electron chi connectivity index (χ4n) is 3.56. The minimum atomic E-state index is -0.272. The molecule has 2 fully saturated rings. The molecule has 0 aliphatic carbocycles. The Morgan fingerprint density at radius 1 is 1.07 bits per heavy atom. The quantitative estimate of drug-likeness (QED) is 0.773. The van der Waals surface area contributed by atoms with E-state index in [-0.39, 0.29) is 30.4 Å². The number of hydrogen-bond donors (Lipinski definition) is 0. The van der Waals surface area contributed by atoms with Gasteiger partial charge in [-0.3, -0.25) is 4.79 Å². The Hall–Kier alpha value is -2.21. The second kappa shape index (κ2) is 7.80. The normalized spacial score (nSPS) is 27.6. The standard InChI is InChI=1S/C22H24O5/c1-14-8-9-17(21(23)16-6-4-3-5-7-16)12-19(14)27-18-10-11-24-20-13-25-15(2)26-22(18)20/h3-9,12,15,18,20,22H,10-11,13H2,1-2H3/t15-,18?,20?,22?/m1/s1. The van der Waals surface area contributed by atoms with E-state index in [1.54, 1.807) is 0 Å². The maximum atomic E-state index is 12.8. The minimum Gasteiger partial charge on any atom is -0.487 e. The van der Waals surface area contributed by atoms with Crippen LogP contribution in [-0.2, 0) is 14.2 Å². The maximum absolute atomic E-state index is 12.8. The third-order valence-electron chi connectivity index (χ3n) is 5.08. The van der Waals surface area contributed by atoms with Gasteiger partial charge in [0.15, 0.2) is 12.1 Å². The van der Waals surface area contributed by atoms with E-state index in [0.29, 0.717) is 30.1 Å². The van der Waals surface area contributed by atoms with Gasteiger partial charge in [-0.25, -0.2) is 0 Å². The molecule has 0 amide bonds. The van der Waals surface area contributed by atoms with E-state index in [1.165, 1.54) is 0 Å². The summed E-state index contributed by atoms with van der Waals surface area (Å²) in [6.07, 6.45) is 0.0521. The van der Waals surface area contributed by atoms with E-state index in [1.807, 2.05) is 62.4 Å². The Bertz CT molecular complexity index is 804. The number of aryl methyl sites for hydroxylation is 1. The molecule has 27 heavy (non-hydrogen) atoms. The fraction of sp³-hybridized carbons (Fsp3) is 0.409. The van der Waals surface area contributed by atoms with Crippen molar-refractivity contribution in [2.75, 3.05) is 13.2 Å². The summed E-state index contributed by atoms with van der Waals surface area (Å²) in [5.74, 6) is 0.700. The molecule has 142 valence electrons. The lowest BCUT2D eigenvalue weighted by molar-refractivity contribution is -0.285. The fourth-order valence-corrected chi connectivity index (χ4v) is 3.56. The van der Waals surface area contributed by atoms with E-state index in [9.17, 15) is 4.79 Å². The van der Waals surface area contributed by atoms with Crippen molar-refractivity contribution < 1.29 is 23.7 Å². The van der Waals surface area contributed by atoms with Crippen LogP contribution in [0.3, 0.4) is 0 Å². The Labute approximate surface area is 159 Å². The smallest absolute Gasteiger partial charge is 0.193 e. The predicted octanol–water partition coefficient (Wildman–Crippen LogP) is 3.52. The molecule has 2 aromatic carbocycles. The van der Waals surface area contributed by atoms with Gasteiger partial charge in [-0.15, -0.1) is 0 Å². The summed E-state index contributed by atoms with van der Waals surface area (Å²) in [5, 5.41) is 0. The van der Waals surface area contributed by atoms with Gasteiger partial charge in [-0.05, 0) is 25.5 Å². The molecule has 5 heteroatoms. The van der Waals surface area contributed by atoms with Crippen LogP contribution in [0.4, 0.5) is 0 Å². The van der Waals surface area contributed by atoms with Crippen LogP contribution in [0, 0.1) is 6.92 Å². The first-order valence-electron chi connectivity index (χ1n) is 9.37. The zero-order valence-electron chi connectivity index (χ0n) is 15.6. The highest BCUT2D eigenvalue weighted by Gasteiger charge is 2.41. The Kier molecular flexibility index (Phi) is 5.25. The van der Waals surface area contributed by atoms with Crippen molar-refractivity contribution in [3.05, 3.63) is 65.2 Å². The summed E-state index contributed by atoms with van der Waals surface area (Å²) in [5.41, 5.74) is 2.27. The van der Waals surface area contributed by atoms with Gasteiger partial charge in [0.25, 0.3) is 0 Å². The summed E-state index contributed by atoms with van der Waals surface area (Å²) < 4.78 is 23.5. The average Bonchev–Trinajstić information content (AvgIpc) is 2.70. The Morgan fingerprint density at radius 3 is 2.70 bits per heavy atom. The van der Waals surface area contributed by atoms with Crippen LogP contribution in [0.15, 0.2) is 48.5 Å². The van der Waals surface area contributed by atoms with Crippen molar-refractivity contribution in [2.45, 2.75) is 44.9 Å². The Balaban J connectivity index is 1.56. The summed E-state index contributed by atoms with van der Waals surface area (Å²) >= 11 is 0. The molecule has 0 aromatic heterocycles. The first-order valence-corrected chi connectivity index (χ1v) is 9.37. The van der Waals surface area contributed by atoms with Gasteiger partial charge in [0.1, 0.15) is 24.1 Å². The molecule has 5 nitrogen and oxygen atoms in total. The minimum absolute atomic E-state index is 0.0127. The van der Waals surface area contributed by atoms with Gasteiger partial charge < -0.3 is 18.9 Å². The topological polar surface area (TPSA) is 54.0 Å². The van der Waals surface area contributed by atoms with Crippen LogP contribution in [0.2, 0.25) is 0 Å². The summed E-state index contributed by atoms with van der Waals surface area (Å²) in [6, 6.07) is 14.9. The molecule has 0 N–H and O–H groups in total. The molecular weight excluding hydrogens is 344 g/mol. The van der Waals surface area contributed by atoms with Crippen LogP contribution in [0.25, 0.3) is 0 Å². The maximum Gasteiger partial charge on any atom is 0.193 e. The average molecular weight is 368 g/mol. The summed E-state index contributed by atoms with van der Waals surface area (Å²) in [7, 11) is 0. The first-order chi connectivity index (χ1) is 13.1. The van der Waals surface area contributed by atoms with E-state index in [4.69, 9.17) is 18.9 Å². The van der Waals surface area contributed by atoms with E-state index in [2.05, 4.69) is 0 Å². The zero-order valence-corrected chi connectivity index (χ0v) is 15.6. The number of fused-ring (bicyclic) bond motifs is 1. The van der Waals surface area contributed by atoms with Gasteiger partial charge in [-0.2, -0.15) is 0 Å². The summed E-state index contributed by atoms with van der Waals surface area (Å²) in [6.45, 7) is 4.98.